The summed E-state index contributed by atoms with van der Waals surface area (Å²) in [6, 6.07) is 6.78. The van der Waals surface area contributed by atoms with Gasteiger partial charge in [-0.2, -0.15) is 0 Å². The van der Waals surface area contributed by atoms with Crippen molar-refractivity contribution in [2.45, 2.75) is 32.6 Å². The number of alkyl halides is 1. The molecule has 1 fully saturated rings. The van der Waals surface area contributed by atoms with E-state index in [0.29, 0.717) is 44.0 Å². The first kappa shape index (κ1) is 19.5. The summed E-state index contributed by atoms with van der Waals surface area (Å²) in [4.78, 5) is 25.2. The molecule has 1 amide bonds. The molecule has 1 aromatic carbocycles. The summed E-state index contributed by atoms with van der Waals surface area (Å²) in [5.74, 6) is 1.25. The molecule has 0 saturated carbocycles. The number of anilines is 1. The maximum absolute atomic E-state index is 14.2. The van der Waals surface area contributed by atoms with Gasteiger partial charge in [0.15, 0.2) is 0 Å². The van der Waals surface area contributed by atoms with Crippen LogP contribution in [0.1, 0.15) is 29.6 Å². The first-order valence-electron chi connectivity index (χ1n) is 9.12. The van der Waals surface area contributed by atoms with Crippen molar-refractivity contribution >= 4 is 23.3 Å². The number of aryl methyl sites for hydroxylation is 2. The largest absolute Gasteiger partial charge is 0.353 e. The quantitative estimate of drug-likeness (QED) is 0.753. The van der Waals surface area contributed by atoms with Crippen LogP contribution in [0.25, 0.3) is 0 Å². The van der Waals surface area contributed by atoms with E-state index in [9.17, 15) is 9.18 Å². The number of nitrogens with zero attached hydrogens (tertiary/aromatic N) is 4. The van der Waals surface area contributed by atoms with Gasteiger partial charge in [-0.25, -0.2) is 14.4 Å². The van der Waals surface area contributed by atoms with Gasteiger partial charge in [-0.1, -0.05) is 18.2 Å². The van der Waals surface area contributed by atoms with Gasteiger partial charge in [0.05, 0.1) is 0 Å². The average Bonchev–Trinajstić information content (AvgIpc) is 2.64. The lowest BCUT2D eigenvalue weighted by atomic mass is 10.0. The van der Waals surface area contributed by atoms with Crippen LogP contribution in [0.4, 0.5) is 10.2 Å². The molecule has 0 N–H and O–H groups in total. The Kier molecular flexibility index (Phi) is 5.95. The van der Waals surface area contributed by atoms with E-state index in [2.05, 4.69) is 14.9 Å². The van der Waals surface area contributed by atoms with Crippen molar-refractivity contribution in [1.29, 1.82) is 0 Å². The number of halogens is 2. The summed E-state index contributed by atoms with van der Waals surface area (Å²) in [6.45, 7) is 8.00. The number of hydrogen-bond acceptors (Lipinski definition) is 4. The number of hydrogen-bond donors (Lipinski definition) is 0. The van der Waals surface area contributed by atoms with E-state index in [0.717, 1.165) is 17.1 Å². The highest BCUT2D eigenvalue weighted by Gasteiger charge is 2.26. The Morgan fingerprint density at radius 2 is 1.85 bits per heavy atom. The number of carbonyl (C=O) groups is 1. The number of piperazine rings is 1. The maximum Gasteiger partial charge on any atom is 0.240 e. The van der Waals surface area contributed by atoms with E-state index < -0.39 is 5.38 Å². The van der Waals surface area contributed by atoms with Crippen molar-refractivity contribution < 1.29 is 9.18 Å². The monoisotopic (exact) mass is 390 g/mol. The van der Waals surface area contributed by atoms with Crippen LogP contribution in [-0.4, -0.2) is 52.3 Å². The lowest BCUT2D eigenvalue weighted by Gasteiger charge is -2.37. The van der Waals surface area contributed by atoms with E-state index >= 15 is 0 Å². The summed E-state index contributed by atoms with van der Waals surface area (Å²) in [5, 5.41) is -0.517. The van der Waals surface area contributed by atoms with Crippen molar-refractivity contribution in [3.8, 4) is 0 Å². The highest BCUT2D eigenvalue weighted by Crippen LogP contribution is 2.26. The maximum atomic E-state index is 14.2. The molecule has 1 saturated heterocycles. The average molecular weight is 391 g/mol. The van der Waals surface area contributed by atoms with Crippen LogP contribution in [-0.2, 0) is 11.2 Å². The van der Waals surface area contributed by atoms with Gasteiger partial charge in [-0.3, -0.25) is 4.79 Å². The van der Waals surface area contributed by atoms with Crippen molar-refractivity contribution in [1.82, 2.24) is 14.9 Å². The number of benzene rings is 1. The molecule has 1 aliphatic rings. The minimum atomic E-state index is -0.517. The lowest BCUT2D eigenvalue weighted by molar-refractivity contribution is -0.130. The van der Waals surface area contributed by atoms with Gasteiger partial charge in [0, 0.05) is 43.9 Å². The van der Waals surface area contributed by atoms with Gasteiger partial charge in [0.2, 0.25) is 5.91 Å². The fourth-order valence-corrected chi connectivity index (χ4v) is 3.55. The first-order valence-corrected chi connectivity index (χ1v) is 9.55. The predicted molar refractivity (Wildman–Crippen MR) is 105 cm³/mol. The second-order valence-electron chi connectivity index (χ2n) is 6.85. The zero-order chi connectivity index (χ0) is 19.6. The Balaban J connectivity index is 1.86. The fourth-order valence-electron chi connectivity index (χ4n) is 3.41. The number of carbonyl (C=O) groups excluding carboxylic acids is 1. The van der Waals surface area contributed by atoms with Crippen LogP contribution in [0.3, 0.4) is 0 Å². The number of rotatable bonds is 4. The highest BCUT2D eigenvalue weighted by atomic mass is 35.5. The van der Waals surface area contributed by atoms with E-state index in [1.165, 1.54) is 6.07 Å². The van der Waals surface area contributed by atoms with Crippen LogP contribution >= 0.6 is 11.6 Å². The summed E-state index contributed by atoms with van der Waals surface area (Å²) >= 11 is 5.93. The molecule has 27 heavy (non-hydrogen) atoms. The van der Waals surface area contributed by atoms with E-state index in [1.807, 2.05) is 19.9 Å². The van der Waals surface area contributed by atoms with E-state index in [1.54, 1.807) is 24.0 Å². The van der Waals surface area contributed by atoms with Crippen molar-refractivity contribution in [3.63, 3.8) is 0 Å². The molecule has 7 heteroatoms. The summed E-state index contributed by atoms with van der Waals surface area (Å²) in [6.07, 6.45) is 0.436. The highest BCUT2D eigenvalue weighted by molar-refractivity contribution is 6.30. The third kappa shape index (κ3) is 4.38. The second kappa shape index (κ2) is 8.21. The molecule has 5 nitrogen and oxygen atoms in total. The van der Waals surface area contributed by atoms with Crippen LogP contribution in [0, 0.1) is 19.7 Å². The fraction of sp³-hybridized carbons (Fsp3) is 0.450. The summed E-state index contributed by atoms with van der Waals surface area (Å²) < 4.78 is 14.2. The Labute approximate surface area is 164 Å². The van der Waals surface area contributed by atoms with Crippen LogP contribution in [0.5, 0.6) is 0 Å². The molecule has 0 spiro atoms. The topological polar surface area (TPSA) is 49.3 Å². The lowest BCUT2D eigenvalue weighted by Crippen LogP contribution is -2.51. The SMILES string of the molecule is Cc1nc(C)c(Cc2ccccc2F)c(N2CCN(C(=O)[C@@H](C)Cl)CC2)n1. The van der Waals surface area contributed by atoms with Gasteiger partial charge in [0.25, 0.3) is 0 Å². The molecule has 0 aliphatic carbocycles. The zero-order valence-corrected chi connectivity index (χ0v) is 16.6. The predicted octanol–water partition coefficient (Wildman–Crippen LogP) is 3.10. The van der Waals surface area contributed by atoms with Crippen molar-refractivity contribution in [2.24, 2.45) is 0 Å². The molecule has 1 aromatic heterocycles. The van der Waals surface area contributed by atoms with Gasteiger partial charge >= 0.3 is 0 Å². The molecule has 0 radical (unpaired) electrons. The number of aromatic nitrogens is 2. The van der Waals surface area contributed by atoms with Gasteiger partial charge in [-0.05, 0) is 32.4 Å². The Morgan fingerprint density at radius 1 is 1.19 bits per heavy atom. The number of amides is 1. The Morgan fingerprint density at radius 3 is 2.48 bits per heavy atom. The molecule has 1 atom stereocenters. The molecular formula is C20H24ClFN4O. The molecular weight excluding hydrogens is 367 g/mol. The van der Waals surface area contributed by atoms with Crippen LogP contribution in [0.2, 0.25) is 0 Å². The molecule has 3 rings (SSSR count). The molecule has 2 heterocycles. The minimum absolute atomic E-state index is 0.0436. The van der Waals surface area contributed by atoms with Crippen LogP contribution in [0.15, 0.2) is 24.3 Å². The van der Waals surface area contributed by atoms with Gasteiger partial charge in [-0.15, -0.1) is 11.6 Å². The standard InChI is InChI=1S/C20H24ClFN4O/c1-13(21)20(27)26-10-8-25(9-11-26)19-17(14(2)23-15(3)24-19)12-16-6-4-5-7-18(16)22/h4-7,13H,8-12H2,1-3H3/t13-/m1/s1. The molecule has 0 unspecified atom stereocenters. The third-order valence-corrected chi connectivity index (χ3v) is 5.05. The van der Waals surface area contributed by atoms with Gasteiger partial charge < -0.3 is 9.80 Å². The van der Waals surface area contributed by atoms with Crippen LogP contribution < -0.4 is 4.90 Å². The van der Waals surface area contributed by atoms with E-state index in [4.69, 9.17) is 11.6 Å². The third-order valence-electron chi connectivity index (χ3n) is 4.86. The molecule has 1 aliphatic heterocycles. The van der Waals surface area contributed by atoms with Gasteiger partial charge in [0.1, 0.15) is 22.8 Å². The van der Waals surface area contributed by atoms with Crippen molar-refractivity contribution in [2.75, 3.05) is 31.1 Å². The summed E-state index contributed by atoms with van der Waals surface area (Å²) in [5.41, 5.74) is 2.41. The zero-order valence-electron chi connectivity index (χ0n) is 15.9. The van der Waals surface area contributed by atoms with E-state index in [-0.39, 0.29) is 11.7 Å². The smallest absolute Gasteiger partial charge is 0.240 e. The molecule has 0 bridgehead atoms. The molecule has 2 aromatic rings. The Hall–Kier alpha value is -2.21. The second-order valence-corrected chi connectivity index (χ2v) is 7.51. The normalized spacial score (nSPS) is 15.7. The van der Waals surface area contributed by atoms with Crippen molar-refractivity contribution in [3.05, 3.63) is 52.7 Å². The summed E-state index contributed by atoms with van der Waals surface area (Å²) in [7, 11) is 0. The minimum Gasteiger partial charge on any atom is -0.353 e. The molecule has 144 valence electrons. The Bertz CT molecular complexity index is 835. The first-order chi connectivity index (χ1) is 12.9.